The van der Waals surface area contributed by atoms with Crippen molar-refractivity contribution in [3.8, 4) is 0 Å². The quantitative estimate of drug-likeness (QED) is 0.638. The summed E-state index contributed by atoms with van der Waals surface area (Å²) in [5.41, 5.74) is 1.92. The predicted octanol–water partition coefficient (Wildman–Crippen LogP) is 3.31. The van der Waals surface area contributed by atoms with E-state index in [1.54, 1.807) is 11.8 Å². The molecule has 1 N–H and O–H groups in total. The smallest absolute Gasteiger partial charge is 0.326 e. The van der Waals surface area contributed by atoms with E-state index in [-0.39, 0.29) is 31.5 Å². The van der Waals surface area contributed by atoms with Gasteiger partial charge in [-0.1, -0.05) is 44.0 Å². The Morgan fingerprint density at radius 2 is 1.90 bits per heavy atom. The molecule has 160 valence electrons. The number of rotatable bonds is 9. The number of carbonyl (C=O) groups excluding carboxylic acids is 2. The standard InChI is InChI=1S/C22H32N2O5/c1-4-7-10-18(21(27)29-6-3)14-23(5-2)22(28)24-15-17-12-9-8-11-16(17)13-19(24)20(25)26/h8-9,11-12,18-19H,4-7,10,13-15H2,1-3H3,(H,25,26)/t18-,19-/m0/s1. The fourth-order valence-corrected chi connectivity index (χ4v) is 3.73. The lowest BCUT2D eigenvalue weighted by Gasteiger charge is -2.38. The topological polar surface area (TPSA) is 87.2 Å². The maximum Gasteiger partial charge on any atom is 0.326 e. The van der Waals surface area contributed by atoms with Crippen molar-refractivity contribution in [1.82, 2.24) is 9.80 Å². The average molecular weight is 405 g/mol. The van der Waals surface area contributed by atoms with Gasteiger partial charge in [-0.2, -0.15) is 0 Å². The number of carboxylic acid groups (broad SMARTS) is 1. The number of carbonyl (C=O) groups is 3. The molecule has 0 fully saturated rings. The SMILES string of the molecule is CCCC[C@@H](CN(CC)C(=O)N1Cc2ccccc2C[C@H]1C(=O)O)C(=O)OCC. The summed E-state index contributed by atoms with van der Waals surface area (Å²) >= 11 is 0. The van der Waals surface area contributed by atoms with Crippen LogP contribution in [0, 0.1) is 5.92 Å². The molecule has 0 bridgehead atoms. The normalized spacial score (nSPS) is 16.7. The third kappa shape index (κ3) is 5.71. The third-order valence-electron chi connectivity index (χ3n) is 5.40. The Hall–Kier alpha value is -2.57. The van der Waals surface area contributed by atoms with E-state index in [1.807, 2.05) is 38.1 Å². The lowest BCUT2D eigenvalue weighted by Crippen LogP contribution is -2.54. The van der Waals surface area contributed by atoms with Gasteiger partial charge in [-0.3, -0.25) is 4.79 Å². The van der Waals surface area contributed by atoms with Crippen molar-refractivity contribution < 1.29 is 24.2 Å². The van der Waals surface area contributed by atoms with E-state index in [0.717, 1.165) is 24.0 Å². The number of hydrogen-bond donors (Lipinski definition) is 1. The second-order valence-electron chi connectivity index (χ2n) is 7.37. The highest BCUT2D eigenvalue weighted by molar-refractivity contribution is 5.84. The molecule has 0 aliphatic carbocycles. The van der Waals surface area contributed by atoms with Crippen LogP contribution in [0.3, 0.4) is 0 Å². The van der Waals surface area contributed by atoms with Crippen LogP contribution in [0.25, 0.3) is 0 Å². The molecular weight excluding hydrogens is 372 g/mol. The van der Waals surface area contributed by atoms with E-state index < -0.39 is 17.9 Å². The number of esters is 1. The number of ether oxygens (including phenoxy) is 1. The van der Waals surface area contributed by atoms with Gasteiger partial charge in [0.2, 0.25) is 0 Å². The molecule has 29 heavy (non-hydrogen) atoms. The molecule has 2 atom stereocenters. The van der Waals surface area contributed by atoms with Crippen LogP contribution in [-0.2, 0) is 27.3 Å². The van der Waals surface area contributed by atoms with E-state index in [1.165, 1.54) is 4.90 Å². The lowest BCUT2D eigenvalue weighted by atomic mass is 9.94. The van der Waals surface area contributed by atoms with Crippen LogP contribution in [0.15, 0.2) is 24.3 Å². The van der Waals surface area contributed by atoms with Crippen LogP contribution in [0.2, 0.25) is 0 Å². The molecule has 0 radical (unpaired) electrons. The summed E-state index contributed by atoms with van der Waals surface area (Å²) in [4.78, 5) is 40.5. The molecule has 0 unspecified atom stereocenters. The van der Waals surface area contributed by atoms with Crippen LogP contribution in [0.4, 0.5) is 4.79 Å². The Labute approximate surface area is 172 Å². The van der Waals surface area contributed by atoms with Crippen molar-refractivity contribution in [2.24, 2.45) is 5.92 Å². The first-order valence-electron chi connectivity index (χ1n) is 10.4. The monoisotopic (exact) mass is 404 g/mol. The number of urea groups is 1. The molecule has 7 heteroatoms. The maximum absolute atomic E-state index is 13.3. The van der Waals surface area contributed by atoms with Gasteiger partial charge in [0.05, 0.1) is 12.5 Å². The van der Waals surface area contributed by atoms with Gasteiger partial charge in [0.25, 0.3) is 0 Å². The Morgan fingerprint density at radius 3 is 2.48 bits per heavy atom. The molecule has 0 saturated heterocycles. The molecule has 1 heterocycles. The summed E-state index contributed by atoms with van der Waals surface area (Å²) in [5, 5.41) is 9.71. The second kappa shape index (κ2) is 10.8. The molecule has 0 saturated carbocycles. The van der Waals surface area contributed by atoms with E-state index >= 15 is 0 Å². The molecule has 1 aromatic rings. The summed E-state index contributed by atoms with van der Waals surface area (Å²) < 4.78 is 5.19. The van der Waals surface area contributed by atoms with Gasteiger partial charge in [-0.05, 0) is 31.4 Å². The Kier molecular flexibility index (Phi) is 8.49. The van der Waals surface area contributed by atoms with Crippen molar-refractivity contribution in [3.63, 3.8) is 0 Å². The summed E-state index contributed by atoms with van der Waals surface area (Å²) in [7, 11) is 0. The number of hydrogen-bond acceptors (Lipinski definition) is 4. The molecule has 0 spiro atoms. The van der Waals surface area contributed by atoms with Crippen LogP contribution in [0.5, 0.6) is 0 Å². The van der Waals surface area contributed by atoms with Crippen molar-refractivity contribution in [2.45, 2.75) is 59.0 Å². The molecular formula is C22H32N2O5. The van der Waals surface area contributed by atoms with E-state index in [0.29, 0.717) is 19.6 Å². The van der Waals surface area contributed by atoms with Gasteiger partial charge in [0.15, 0.2) is 0 Å². The summed E-state index contributed by atoms with van der Waals surface area (Å²) in [6, 6.07) is 6.34. The Balaban J connectivity index is 2.21. The van der Waals surface area contributed by atoms with Gasteiger partial charge in [-0.15, -0.1) is 0 Å². The largest absolute Gasteiger partial charge is 0.480 e. The van der Waals surface area contributed by atoms with Gasteiger partial charge in [-0.25, -0.2) is 9.59 Å². The minimum absolute atomic E-state index is 0.235. The van der Waals surface area contributed by atoms with Gasteiger partial charge >= 0.3 is 18.0 Å². The molecule has 1 aliphatic heterocycles. The molecule has 2 amide bonds. The Morgan fingerprint density at radius 1 is 1.21 bits per heavy atom. The zero-order valence-corrected chi connectivity index (χ0v) is 17.6. The highest BCUT2D eigenvalue weighted by atomic mass is 16.5. The number of amides is 2. The average Bonchev–Trinajstić information content (AvgIpc) is 2.72. The first-order chi connectivity index (χ1) is 13.9. The zero-order valence-electron chi connectivity index (χ0n) is 17.6. The van der Waals surface area contributed by atoms with Crippen LogP contribution in [-0.4, -0.2) is 58.6 Å². The molecule has 1 aromatic carbocycles. The van der Waals surface area contributed by atoms with Crippen LogP contribution < -0.4 is 0 Å². The van der Waals surface area contributed by atoms with E-state index in [2.05, 4.69) is 0 Å². The van der Waals surface area contributed by atoms with Crippen LogP contribution in [0.1, 0.15) is 51.2 Å². The van der Waals surface area contributed by atoms with Crippen molar-refractivity contribution in [3.05, 3.63) is 35.4 Å². The number of fused-ring (bicyclic) bond motifs is 1. The summed E-state index contributed by atoms with van der Waals surface area (Å²) in [5.74, 6) is -1.72. The number of benzene rings is 1. The van der Waals surface area contributed by atoms with Crippen molar-refractivity contribution in [2.75, 3.05) is 19.7 Å². The number of carboxylic acids is 1. The number of nitrogens with zero attached hydrogens (tertiary/aromatic N) is 2. The fraction of sp³-hybridized carbons (Fsp3) is 0.591. The highest BCUT2D eigenvalue weighted by Crippen LogP contribution is 2.25. The number of unbranched alkanes of at least 4 members (excludes halogenated alkanes) is 1. The lowest BCUT2D eigenvalue weighted by molar-refractivity contribution is -0.149. The predicted molar refractivity (Wildman–Crippen MR) is 109 cm³/mol. The fourth-order valence-electron chi connectivity index (χ4n) is 3.73. The van der Waals surface area contributed by atoms with Gasteiger partial charge in [0, 0.05) is 26.1 Å². The molecule has 7 nitrogen and oxygen atoms in total. The third-order valence-corrected chi connectivity index (χ3v) is 5.40. The first kappa shape index (κ1) is 22.7. The second-order valence-corrected chi connectivity index (χ2v) is 7.37. The Bertz CT molecular complexity index is 721. The van der Waals surface area contributed by atoms with E-state index in [4.69, 9.17) is 4.74 Å². The molecule has 1 aliphatic rings. The van der Waals surface area contributed by atoms with Crippen molar-refractivity contribution in [1.29, 1.82) is 0 Å². The first-order valence-corrected chi connectivity index (χ1v) is 10.4. The molecule has 0 aromatic heterocycles. The van der Waals surface area contributed by atoms with Gasteiger partial charge < -0.3 is 19.6 Å². The number of aliphatic carboxylic acids is 1. The molecule has 2 rings (SSSR count). The van der Waals surface area contributed by atoms with Crippen LogP contribution >= 0.6 is 0 Å². The summed E-state index contributed by atoms with van der Waals surface area (Å²) in [6.45, 7) is 6.83. The minimum Gasteiger partial charge on any atom is -0.480 e. The summed E-state index contributed by atoms with van der Waals surface area (Å²) in [6.07, 6.45) is 2.74. The maximum atomic E-state index is 13.3. The highest BCUT2D eigenvalue weighted by Gasteiger charge is 2.37. The van der Waals surface area contributed by atoms with Crippen molar-refractivity contribution >= 4 is 18.0 Å². The zero-order chi connectivity index (χ0) is 21.4. The van der Waals surface area contributed by atoms with E-state index in [9.17, 15) is 19.5 Å². The minimum atomic E-state index is -1.02. The van der Waals surface area contributed by atoms with Gasteiger partial charge in [0.1, 0.15) is 6.04 Å².